The Labute approximate surface area is 112 Å². The Morgan fingerprint density at radius 2 is 1.87 bits per heavy atom. The number of carbonyl (C=O) groups excluding carboxylic acids is 1. The Bertz CT molecular complexity index is 344. The van der Waals surface area contributed by atoms with E-state index in [9.17, 15) is 17.8 Å². The molecular weight excluding hydrogens is 231 g/mol. The molecule has 0 unspecified atom stereocenters. The first-order valence-corrected chi connectivity index (χ1v) is 5.44. The second-order valence-corrected chi connectivity index (χ2v) is 5.04. The van der Waals surface area contributed by atoms with E-state index in [0.29, 0.717) is 0 Å². The first-order chi connectivity index (χ1) is 6.03. The number of esters is 1. The monoisotopic (exact) mass is 244 g/mol. The van der Waals surface area contributed by atoms with Crippen LogP contribution >= 0.6 is 0 Å². The summed E-state index contributed by atoms with van der Waals surface area (Å²) in [6, 6.07) is 0. The molecule has 0 aliphatic carbocycles. The largest absolute Gasteiger partial charge is 1.00 e. The quantitative estimate of drug-likeness (QED) is 0.235. The van der Waals surface area contributed by atoms with Gasteiger partial charge in [0.1, 0.15) is 5.60 Å². The molecule has 0 atom stereocenters. The van der Waals surface area contributed by atoms with Gasteiger partial charge in [0.25, 0.3) is 0 Å². The van der Waals surface area contributed by atoms with E-state index in [2.05, 4.69) is 6.58 Å². The predicted octanol–water partition coefficient (Wildman–Crippen LogP) is -2.57. The van der Waals surface area contributed by atoms with Crippen molar-refractivity contribution in [3.8, 4) is 0 Å². The SMILES string of the molecule is C=C(C)C(=O)OC(C)(C)CS(=O)(=O)[O-].[Na+]. The molecule has 0 heterocycles. The van der Waals surface area contributed by atoms with Gasteiger partial charge in [-0.25, -0.2) is 13.2 Å². The van der Waals surface area contributed by atoms with Gasteiger partial charge in [0, 0.05) is 5.57 Å². The molecule has 0 bridgehead atoms. The van der Waals surface area contributed by atoms with Crippen LogP contribution in [-0.2, 0) is 19.6 Å². The summed E-state index contributed by atoms with van der Waals surface area (Å²) in [4.78, 5) is 11.0. The van der Waals surface area contributed by atoms with E-state index in [0.717, 1.165) is 0 Å². The molecule has 82 valence electrons. The Kier molecular flexibility index (Phi) is 7.01. The maximum atomic E-state index is 11.0. The van der Waals surface area contributed by atoms with Crippen LogP contribution in [0.4, 0.5) is 0 Å². The molecule has 7 heteroatoms. The molecule has 0 rings (SSSR count). The van der Waals surface area contributed by atoms with Crippen LogP contribution in [0.5, 0.6) is 0 Å². The smallest absolute Gasteiger partial charge is 0.748 e. The average molecular weight is 244 g/mol. The van der Waals surface area contributed by atoms with E-state index >= 15 is 0 Å². The van der Waals surface area contributed by atoms with Gasteiger partial charge in [-0.1, -0.05) is 6.58 Å². The molecule has 0 aromatic heterocycles. The molecule has 0 aromatic carbocycles. The van der Waals surface area contributed by atoms with Crippen molar-refractivity contribution in [1.29, 1.82) is 0 Å². The molecular formula is C8H13NaO5S. The van der Waals surface area contributed by atoms with Gasteiger partial charge in [0.2, 0.25) is 0 Å². The summed E-state index contributed by atoms with van der Waals surface area (Å²) < 4.78 is 36.0. The van der Waals surface area contributed by atoms with Crippen LogP contribution in [-0.4, -0.2) is 30.3 Å². The van der Waals surface area contributed by atoms with Crippen LogP contribution < -0.4 is 29.6 Å². The maximum absolute atomic E-state index is 11.0. The number of ether oxygens (including phenoxy) is 1. The van der Waals surface area contributed by atoms with Crippen molar-refractivity contribution in [2.45, 2.75) is 26.4 Å². The van der Waals surface area contributed by atoms with Crippen molar-refractivity contribution in [2.24, 2.45) is 0 Å². The van der Waals surface area contributed by atoms with Gasteiger partial charge in [-0.2, -0.15) is 0 Å². The van der Waals surface area contributed by atoms with E-state index in [1.807, 2.05) is 0 Å². The van der Waals surface area contributed by atoms with E-state index < -0.39 is 27.4 Å². The van der Waals surface area contributed by atoms with Crippen LogP contribution in [0.3, 0.4) is 0 Å². The predicted molar refractivity (Wildman–Crippen MR) is 49.5 cm³/mol. The fourth-order valence-electron chi connectivity index (χ4n) is 0.793. The van der Waals surface area contributed by atoms with E-state index in [4.69, 9.17) is 4.74 Å². The van der Waals surface area contributed by atoms with Crippen molar-refractivity contribution in [2.75, 3.05) is 5.75 Å². The maximum Gasteiger partial charge on any atom is 1.00 e. The molecule has 5 nitrogen and oxygen atoms in total. The van der Waals surface area contributed by atoms with Gasteiger partial charge in [0.05, 0.1) is 15.9 Å². The second kappa shape index (κ2) is 6.00. The Balaban J connectivity index is 0. The van der Waals surface area contributed by atoms with E-state index in [-0.39, 0.29) is 35.1 Å². The van der Waals surface area contributed by atoms with Crippen molar-refractivity contribution >= 4 is 16.1 Å². The van der Waals surface area contributed by atoms with Crippen molar-refractivity contribution in [3.63, 3.8) is 0 Å². The molecule has 0 radical (unpaired) electrons. The van der Waals surface area contributed by atoms with Crippen molar-refractivity contribution in [3.05, 3.63) is 12.2 Å². The first-order valence-electron chi connectivity index (χ1n) is 3.86. The zero-order chi connectivity index (χ0) is 11.6. The number of hydrogen-bond donors (Lipinski definition) is 0. The van der Waals surface area contributed by atoms with Crippen molar-refractivity contribution < 1.29 is 52.1 Å². The molecule has 15 heavy (non-hydrogen) atoms. The summed E-state index contributed by atoms with van der Waals surface area (Å²) in [7, 11) is -4.41. The van der Waals surface area contributed by atoms with Gasteiger partial charge in [-0.3, -0.25) is 0 Å². The minimum absolute atomic E-state index is 0. The van der Waals surface area contributed by atoms with E-state index in [1.165, 1.54) is 20.8 Å². The van der Waals surface area contributed by atoms with Gasteiger partial charge < -0.3 is 9.29 Å². The van der Waals surface area contributed by atoms with E-state index in [1.54, 1.807) is 0 Å². The molecule has 0 saturated carbocycles. The van der Waals surface area contributed by atoms with Gasteiger partial charge in [0.15, 0.2) is 0 Å². The molecule has 0 N–H and O–H groups in total. The average Bonchev–Trinajstić information content (AvgIpc) is 1.78. The molecule has 0 saturated heterocycles. The summed E-state index contributed by atoms with van der Waals surface area (Å²) in [5.41, 5.74) is -1.17. The third-order valence-electron chi connectivity index (χ3n) is 1.24. The number of rotatable bonds is 4. The van der Waals surface area contributed by atoms with Gasteiger partial charge >= 0.3 is 35.5 Å². The molecule has 0 spiro atoms. The fraction of sp³-hybridized carbons (Fsp3) is 0.625. The van der Waals surface area contributed by atoms with Crippen molar-refractivity contribution in [1.82, 2.24) is 0 Å². The Morgan fingerprint density at radius 1 is 1.47 bits per heavy atom. The molecule has 0 aliphatic heterocycles. The van der Waals surface area contributed by atoms with Crippen LogP contribution in [0.1, 0.15) is 20.8 Å². The zero-order valence-corrected chi connectivity index (χ0v) is 12.2. The third-order valence-corrected chi connectivity index (χ3v) is 2.29. The van der Waals surface area contributed by atoms with Gasteiger partial charge in [-0.05, 0) is 20.8 Å². The topological polar surface area (TPSA) is 83.5 Å². The molecule has 0 fully saturated rings. The molecule has 0 aliphatic rings. The summed E-state index contributed by atoms with van der Waals surface area (Å²) >= 11 is 0. The standard InChI is InChI=1S/C8H14O5S.Na/c1-6(2)7(9)13-8(3,4)5-14(10,11)12;/h1,5H2,2-4H3,(H,10,11,12);/q;+1/p-1. The zero-order valence-electron chi connectivity index (χ0n) is 9.36. The van der Waals surface area contributed by atoms with Crippen LogP contribution in [0.25, 0.3) is 0 Å². The summed E-state index contributed by atoms with van der Waals surface area (Å²) in [6.07, 6.45) is 0. The number of hydrogen-bond acceptors (Lipinski definition) is 5. The molecule has 0 aromatic rings. The molecule has 0 amide bonds. The first kappa shape index (κ1) is 17.5. The fourth-order valence-corrected chi connectivity index (χ4v) is 1.70. The van der Waals surface area contributed by atoms with Crippen LogP contribution in [0.2, 0.25) is 0 Å². The van der Waals surface area contributed by atoms with Crippen LogP contribution in [0, 0.1) is 0 Å². The van der Waals surface area contributed by atoms with Crippen LogP contribution in [0.15, 0.2) is 12.2 Å². The third kappa shape index (κ3) is 9.07. The Morgan fingerprint density at radius 3 is 2.13 bits per heavy atom. The minimum atomic E-state index is -4.41. The second-order valence-electron chi connectivity index (χ2n) is 3.63. The number of carbonyl (C=O) groups is 1. The Hall–Kier alpha value is 0.120. The normalized spacial score (nSPS) is 11.5. The summed E-state index contributed by atoms with van der Waals surface area (Å²) in [5, 5.41) is 0. The summed E-state index contributed by atoms with van der Waals surface area (Å²) in [6.45, 7) is 7.47. The van der Waals surface area contributed by atoms with Gasteiger partial charge in [-0.15, -0.1) is 0 Å². The summed E-state index contributed by atoms with van der Waals surface area (Å²) in [5.74, 6) is -1.46. The minimum Gasteiger partial charge on any atom is -0.748 e.